The summed E-state index contributed by atoms with van der Waals surface area (Å²) in [7, 11) is 0. The number of ether oxygens (including phenoxy) is 1. The highest BCUT2D eigenvalue weighted by molar-refractivity contribution is 5.85. The number of fused-ring (bicyclic) bond motifs is 2. The number of aliphatic hydroxyl groups excluding tert-OH is 1. The fourth-order valence-electron chi connectivity index (χ4n) is 3.03. The number of quaternary nitrogens is 1. The van der Waals surface area contributed by atoms with E-state index < -0.39 is 5.97 Å². The van der Waals surface area contributed by atoms with Gasteiger partial charge in [0.05, 0.1) is 5.97 Å². The smallest absolute Gasteiger partial charge is 0.303 e. The summed E-state index contributed by atoms with van der Waals surface area (Å²) in [5, 5.41) is 21.8. The SMILES string of the molecule is CC(=O)O[C@H]1C[C@@H]2[NH2+][C@H]1CC[C@@H]2O.O=C([O-])c1ccccc1. The Hall–Kier alpha value is -1.92. The zero-order valence-corrected chi connectivity index (χ0v) is 12.5. The Morgan fingerprint density at radius 2 is 1.91 bits per heavy atom. The minimum absolute atomic E-state index is 0.0275. The number of carboxylic acids is 1. The number of hydrogen-bond donors (Lipinski definition) is 2. The largest absolute Gasteiger partial charge is 0.545 e. The van der Waals surface area contributed by atoms with E-state index >= 15 is 0 Å². The summed E-state index contributed by atoms with van der Waals surface area (Å²) in [6.45, 7) is 1.44. The van der Waals surface area contributed by atoms with Gasteiger partial charge >= 0.3 is 5.97 Å². The molecule has 6 nitrogen and oxygen atoms in total. The summed E-state index contributed by atoms with van der Waals surface area (Å²) in [5.41, 5.74) is 0.220. The van der Waals surface area contributed by atoms with Crippen molar-refractivity contribution in [3.8, 4) is 0 Å². The van der Waals surface area contributed by atoms with Crippen molar-refractivity contribution in [2.24, 2.45) is 0 Å². The zero-order valence-electron chi connectivity index (χ0n) is 12.5. The van der Waals surface area contributed by atoms with E-state index in [1.165, 1.54) is 19.1 Å². The number of benzene rings is 1. The van der Waals surface area contributed by atoms with Gasteiger partial charge in [0.1, 0.15) is 18.2 Å². The molecule has 2 aliphatic rings. The first-order chi connectivity index (χ1) is 10.5. The summed E-state index contributed by atoms with van der Waals surface area (Å²) < 4.78 is 5.19. The molecule has 0 unspecified atom stereocenters. The van der Waals surface area contributed by atoms with Gasteiger partial charge in [-0.2, -0.15) is 0 Å². The van der Waals surface area contributed by atoms with E-state index in [4.69, 9.17) is 4.74 Å². The first-order valence-corrected chi connectivity index (χ1v) is 7.44. The summed E-state index contributed by atoms with van der Waals surface area (Å²) in [5.74, 6) is -1.34. The van der Waals surface area contributed by atoms with E-state index in [-0.39, 0.29) is 29.8 Å². The van der Waals surface area contributed by atoms with Gasteiger partial charge in [-0.3, -0.25) is 4.79 Å². The van der Waals surface area contributed by atoms with Crippen molar-refractivity contribution in [2.45, 2.75) is 50.5 Å². The minimum atomic E-state index is -1.13. The monoisotopic (exact) mass is 307 g/mol. The number of carbonyl (C=O) groups excluding carboxylic acids is 2. The van der Waals surface area contributed by atoms with Gasteiger partial charge in [-0.05, 0) is 12.0 Å². The lowest BCUT2D eigenvalue weighted by atomic mass is 10.0. The average Bonchev–Trinajstić information content (AvgIpc) is 2.82. The van der Waals surface area contributed by atoms with Crippen molar-refractivity contribution in [3.63, 3.8) is 0 Å². The Morgan fingerprint density at radius 1 is 1.23 bits per heavy atom. The molecule has 1 aromatic carbocycles. The van der Waals surface area contributed by atoms with Crippen molar-refractivity contribution in [1.82, 2.24) is 0 Å². The van der Waals surface area contributed by atoms with Crippen molar-refractivity contribution < 1.29 is 29.9 Å². The second-order valence-corrected chi connectivity index (χ2v) is 5.70. The van der Waals surface area contributed by atoms with Crippen LogP contribution < -0.4 is 10.4 Å². The van der Waals surface area contributed by atoms with Crippen LogP contribution in [0.4, 0.5) is 0 Å². The maximum atomic E-state index is 10.8. The van der Waals surface area contributed by atoms with Crippen LogP contribution >= 0.6 is 0 Å². The molecule has 0 amide bonds. The van der Waals surface area contributed by atoms with Crippen molar-refractivity contribution >= 4 is 11.9 Å². The average molecular weight is 307 g/mol. The maximum absolute atomic E-state index is 10.8. The van der Waals surface area contributed by atoms with Crippen LogP contribution in [0.2, 0.25) is 0 Å². The molecule has 0 spiro atoms. The van der Waals surface area contributed by atoms with E-state index in [0.29, 0.717) is 6.04 Å². The highest BCUT2D eigenvalue weighted by atomic mass is 16.5. The van der Waals surface area contributed by atoms with Gasteiger partial charge in [-0.25, -0.2) is 0 Å². The molecule has 0 aromatic heterocycles. The lowest BCUT2D eigenvalue weighted by molar-refractivity contribution is -0.719. The quantitative estimate of drug-likeness (QED) is 0.670. The fourth-order valence-corrected chi connectivity index (χ4v) is 3.03. The number of esters is 1. The summed E-state index contributed by atoms with van der Waals surface area (Å²) >= 11 is 0. The third kappa shape index (κ3) is 4.29. The van der Waals surface area contributed by atoms with Gasteiger partial charge in [0.15, 0.2) is 6.10 Å². The van der Waals surface area contributed by atoms with Crippen LogP contribution in [0.15, 0.2) is 30.3 Å². The maximum Gasteiger partial charge on any atom is 0.303 e. The fraction of sp³-hybridized carbons (Fsp3) is 0.500. The normalized spacial score (nSPS) is 29.2. The van der Waals surface area contributed by atoms with Crippen LogP contribution in [0, 0.1) is 0 Å². The molecule has 2 fully saturated rings. The standard InChI is InChI=1S/C9H15NO3.C7H6O2/c1-5(11)13-9-4-7-8(12)3-2-6(9)10-7;8-7(9)6-4-2-1-3-5-6/h6-10,12H,2-4H2,1H3;1-5H,(H,8,9)/t6-,7-,8-,9-;/m0./s1. The van der Waals surface area contributed by atoms with Gasteiger partial charge in [0, 0.05) is 19.8 Å². The van der Waals surface area contributed by atoms with Gasteiger partial charge in [0.2, 0.25) is 0 Å². The van der Waals surface area contributed by atoms with Crippen LogP contribution in [0.5, 0.6) is 0 Å². The van der Waals surface area contributed by atoms with E-state index in [1.807, 2.05) is 0 Å². The predicted molar refractivity (Wildman–Crippen MR) is 75.7 cm³/mol. The topological polar surface area (TPSA) is 103 Å². The van der Waals surface area contributed by atoms with E-state index in [0.717, 1.165) is 19.3 Å². The first kappa shape index (κ1) is 16.5. The van der Waals surface area contributed by atoms with Crippen molar-refractivity contribution in [1.29, 1.82) is 0 Å². The summed E-state index contributed by atoms with van der Waals surface area (Å²) in [4.78, 5) is 20.9. The summed E-state index contributed by atoms with van der Waals surface area (Å²) in [6, 6.07) is 8.70. The molecule has 2 heterocycles. The number of piperidine rings is 1. The van der Waals surface area contributed by atoms with E-state index in [1.54, 1.807) is 18.2 Å². The van der Waals surface area contributed by atoms with Crippen LogP contribution in [0.3, 0.4) is 0 Å². The number of aromatic carboxylic acids is 1. The molecule has 1 aromatic rings. The molecule has 2 aliphatic heterocycles. The van der Waals surface area contributed by atoms with E-state index in [2.05, 4.69) is 5.32 Å². The lowest BCUT2D eigenvalue weighted by Crippen LogP contribution is -2.96. The number of nitrogens with two attached hydrogens (primary N) is 1. The molecule has 120 valence electrons. The Kier molecular flexibility index (Phi) is 5.51. The Labute approximate surface area is 129 Å². The predicted octanol–water partition coefficient (Wildman–Crippen LogP) is -1.17. The molecule has 4 atom stereocenters. The molecule has 22 heavy (non-hydrogen) atoms. The van der Waals surface area contributed by atoms with Gasteiger partial charge in [-0.15, -0.1) is 0 Å². The third-order valence-electron chi connectivity index (χ3n) is 4.09. The van der Waals surface area contributed by atoms with Crippen molar-refractivity contribution in [2.75, 3.05) is 0 Å². The zero-order chi connectivity index (χ0) is 16.1. The van der Waals surface area contributed by atoms with E-state index in [9.17, 15) is 19.8 Å². The summed E-state index contributed by atoms with van der Waals surface area (Å²) in [6.07, 6.45) is 2.43. The van der Waals surface area contributed by atoms with Gasteiger partial charge in [-0.1, -0.05) is 30.3 Å². The van der Waals surface area contributed by atoms with Crippen molar-refractivity contribution in [3.05, 3.63) is 35.9 Å². The second kappa shape index (κ2) is 7.38. The van der Waals surface area contributed by atoms with Gasteiger partial charge in [0.25, 0.3) is 0 Å². The second-order valence-electron chi connectivity index (χ2n) is 5.70. The first-order valence-electron chi connectivity index (χ1n) is 7.44. The molecule has 2 bridgehead atoms. The number of aliphatic hydroxyl groups is 1. The van der Waals surface area contributed by atoms with Crippen LogP contribution in [0.25, 0.3) is 0 Å². The molecular weight excluding hydrogens is 286 g/mol. The molecule has 3 rings (SSSR count). The van der Waals surface area contributed by atoms with Gasteiger partial charge < -0.3 is 25.1 Å². The third-order valence-corrected chi connectivity index (χ3v) is 4.09. The van der Waals surface area contributed by atoms with Crippen LogP contribution in [-0.2, 0) is 9.53 Å². The lowest BCUT2D eigenvalue weighted by Gasteiger charge is -2.22. The molecular formula is C16H21NO5. The molecule has 0 aliphatic carbocycles. The highest BCUT2D eigenvalue weighted by Gasteiger charge is 2.46. The Morgan fingerprint density at radius 3 is 2.41 bits per heavy atom. The van der Waals surface area contributed by atoms with Crippen LogP contribution in [0.1, 0.15) is 36.5 Å². The Balaban J connectivity index is 0.000000172. The molecule has 0 saturated carbocycles. The molecule has 6 heteroatoms. The molecule has 3 N–H and O–H groups in total. The Bertz CT molecular complexity index is 519. The minimum Gasteiger partial charge on any atom is -0.545 e. The highest BCUT2D eigenvalue weighted by Crippen LogP contribution is 2.23. The molecule has 0 radical (unpaired) electrons. The number of hydrogen-bond acceptors (Lipinski definition) is 5. The van der Waals surface area contributed by atoms with Crippen LogP contribution in [-0.4, -0.2) is 41.3 Å². The number of carboxylic acid groups (broad SMARTS) is 1. The number of carbonyl (C=O) groups is 2. The molecule has 2 saturated heterocycles. The number of rotatable bonds is 2.